The van der Waals surface area contributed by atoms with Crippen LogP contribution in [0.1, 0.15) is 30.7 Å². The van der Waals surface area contributed by atoms with E-state index in [1.54, 1.807) is 5.56 Å². The highest BCUT2D eigenvalue weighted by molar-refractivity contribution is 5.26. The maximum absolute atomic E-state index is 3.54. The molecular formula is C14H19N. The van der Waals surface area contributed by atoms with Crippen molar-refractivity contribution < 1.29 is 0 Å². The second kappa shape index (κ2) is 3.64. The van der Waals surface area contributed by atoms with Crippen molar-refractivity contribution in [2.24, 2.45) is 11.8 Å². The molecule has 1 heteroatoms. The van der Waals surface area contributed by atoms with E-state index < -0.39 is 0 Å². The summed E-state index contributed by atoms with van der Waals surface area (Å²) >= 11 is 0. The van der Waals surface area contributed by atoms with Crippen molar-refractivity contribution in [3.63, 3.8) is 0 Å². The zero-order chi connectivity index (χ0) is 10.3. The SMILES string of the molecule is CN[C@H]1[C@H]2CC[C@H](C2)[C@@H]1c1ccccc1. The van der Waals surface area contributed by atoms with Crippen molar-refractivity contribution in [3.8, 4) is 0 Å². The Kier molecular flexibility index (Phi) is 2.28. The normalized spacial score (nSPS) is 38.5. The van der Waals surface area contributed by atoms with Crippen molar-refractivity contribution in [2.75, 3.05) is 7.05 Å². The molecule has 0 unspecified atom stereocenters. The molecule has 2 aliphatic rings. The van der Waals surface area contributed by atoms with Gasteiger partial charge in [-0.2, -0.15) is 0 Å². The number of hydrogen-bond acceptors (Lipinski definition) is 1. The Morgan fingerprint density at radius 2 is 1.80 bits per heavy atom. The number of fused-ring (bicyclic) bond motifs is 2. The summed E-state index contributed by atoms with van der Waals surface area (Å²) in [6.45, 7) is 0. The molecule has 1 aromatic carbocycles. The van der Waals surface area contributed by atoms with E-state index in [1.807, 2.05) is 0 Å². The average molecular weight is 201 g/mol. The van der Waals surface area contributed by atoms with E-state index in [9.17, 15) is 0 Å². The summed E-state index contributed by atoms with van der Waals surface area (Å²) in [6.07, 6.45) is 4.34. The van der Waals surface area contributed by atoms with E-state index in [0.717, 1.165) is 23.8 Å². The molecule has 4 atom stereocenters. The van der Waals surface area contributed by atoms with E-state index in [2.05, 4.69) is 42.7 Å². The van der Waals surface area contributed by atoms with Crippen molar-refractivity contribution in [1.29, 1.82) is 0 Å². The molecule has 0 aromatic heterocycles. The molecule has 3 rings (SSSR count). The minimum Gasteiger partial charge on any atom is -0.316 e. The first kappa shape index (κ1) is 9.41. The van der Waals surface area contributed by atoms with E-state index in [1.165, 1.54) is 19.3 Å². The van der Waals surface area contributed by atoms with Crippen LogP contribution in [0, 0.1) is 11.8 Å². The molecule has 15 heavy (non-hydrogen) atoms. The molecule has 2 fully saturated rings. The van der Waals surface area contributed by atoms with Gasteiger partial charge >= 0.3 is 0 Å². The molecule has 2 saturated carbocycles. The van der Waals surface area contributed by atoms with E-state index in [0.29, 0.717) is 0 Å². The zero-order valence-electron chi connectivity index (χ0n) is 9.32. The van der Waals surface area contributed by atoms with Crippen molar-refractivity contribution in [1.82, 2.24) is 5.32 Å². The Balaban J connectivity index is 1.92. The molecule has 1 aromatic rings. The minimum atomic E-state index is 0.728. The van der Waals surface area contributed by atoms with Gasteiger partial charge in [0.1, 0.15) is 0 Å². The summed E-state index contributed by atoms with van der Waals surface area (Å²) in [7, 11) is 2.13. The van der Waals surface area contributed by atoms with Crippen LogP contribution in [0.3, 0.4) is 0 Å². The molecule has 0 saturated heterocycles. The van der Waals surface area contributed by atoms with E-state index >= 15 is 0 Å². The number of hydrogen-bond donors (Lipinski definition) is 1. The fourth-order valence-corrected chi connectivity index (χ4v) is 3.86. The van der Waals surface area contributed by atoms with Gasteiger partial charge in [0, 0.05) is 12.0 Å². The van der Waals surface area contributed by atoms with Crippen LogP contribution in [0.2, 0.25) is 0 Å². The zero-order valence-corrected chi connectivity index (χ0v) is 9.32. The lowest BCUT2D eigenvalue weighted by Gasteiger charge is -2.31. The lowest BCUT2D eigenvalue weighted by atomic mass is 9.80. The third kappa shape index (κ3) is 1.41. The van der Waals surface area contributed by atoms with Crippen LogP contribution in [0.15, 0.2) is 30.3 Å². The first-order valence-electron chi connectivity index (χ1n) is 6.12. The fourth-order valence-electron chi connectivity index (χ4n) is 3.86. The van der Waals surface area contributed by atoms with Crippen LogP contribution < -0.4 is 5.32 Å². The molecule has 0 radical (unpaired) electrons. The first-order chi connectivity index (χ1) is 7.40. The Morgan fingerprint density at radius 3 is 2.53 bits per heavy atom. The highest BCUT2D eigenvalue weighted by Crippen LogP contribution is 2.52. The maximum Gasteiger partial charge on any atom is 0.0164 e. The van der Waals surface area contributed by atoms with Gasteiger partial charge in [0.2, 0.25) is 0 Å². The van der Waals surface area contributed by atoms with Crippen LogP contribution in [0.5, 0.6) is 0 Å². The number of likely N-dealkylation sites (N-methyl/N-ethyl adjacent to an activating group) is 1. The molecule has 1 nitrogen and oxygen atoms in total. The smallest absolute Gasteiger partial charge is 0.0164 e. The molecule has 0 spiro atoms. The molecule has 2 bridgehead atoms. The largest absolute Gasteiger partial charge is 0.316 e. The Hall–Kier alpha value is -0.820. The highest BCUT2D eigenvalue weighted by atomic mass is 14.9. The fraction of sp³-hybridized carbons (Fsp3) is 0.571. The second-order valence-electron chi connectivity index (χ2n) is 5.08. The molecule has 0 amide bonds. The summed E-state index contributed by atoms with van der Waals surface area (Å²) < 4.78 is 0. The molecule has 80 valence electrons. The van der Waals surface area contributed by atoms with Crippen molar-refractivity contribution in [3.05, 3.63) is 35.9 Å². The minimum absolute atomic E-state index is 0.728. The van der Waals surface area contributed by atoms with Gasteiger partial charge in [-0.1, -0.05) is 30.3 Å². The van der Waals surface area contributed by atoms with Crippen LogP contribution >= 0.6 is 0 Å². The van der Waals surface area contributed by atoms with Crippen molar-refractivity contribution >= 4 is 0 Å². The van der Waals surface area contributed by atoms with Crippen LogP contribution in [0.25, 0.3) is 0 Å². The van der Waals surface area contributed by atoms with Gasteiger partial charge in [0.25, 0.3) is 0 Å². The first-order valence-corrected chi connectivity index (χ1v) is 6.12. The second-order valence-corrected chi connectivity index (χ2v) is 5.08. The third-order valence-electron chi connectivity index (χ3n) is 4.43. The lowest BCUT2D eigenvalue weighted by molar-refractivity contribution is 0.326. The maximum atomic E-state index is 3.54. The van der Waals surface area contributed by atoms with Gasteiger partial charge in [-0.25, -0.2) is 0 Å². The Morgan fingerprint density at radius 1 is 1.07 bits per heavy atom. The quantitative estimate of drug-likeness (QED) is 0.776. The number of benzene rings is 1. The highest BCUT2D eigenvalue weighted by Gasteiger charge is 2.47. The molecule has 0 heterocycles. The van der Waals surface area contributed by atoms with Crippen molar-refractivity contribution in [2.45, 2.75) is 31.2 Å². The number of rotatable bonds is 2. The summed E-state index contributed by atoms with van der Waals surface area (Å²) in [4.78, 5) is 0. The van der Waals surface area contributed by atoms with Crippen LogP contribution in [0.4, 0.5) is 0 Å². The summed E-state index contributed by atoms with van der Waals surface area (Å²) in [5, 5.41) is 3.54. The summed E-state index contributed by atoms with van der Waals surface area (Å²) in [5.41, 5.74) is 1.55. The third-order valence-corrected chi connectivity index (χ3v) is 4.43. The predicted octanol–water partition coefficient (Wildman–Crippen LogP) is 2.79. The Bertz CT molecular complexity index is 332. The van der Waals surface area contributed by atoms with Gasteiger partial charge in [-0.3, -0.25) is 0 Å². The molecule has 0 aliphatic heterocycles. The van der Waals surface area contributed by atoms with Gasteiger partial charge in [0.05, 0.1) is 0 Å². The molecule has 1 N–H and O–H groups in total. The summed E-state index contributed by atoms with van der Waals surface area (Å²) in [6, 6.07) is 11.8. The average Bonchev–Trinajstić information content (AvgIpc) is 2.89. The molecular weight excluding hydrogens is 182 g/mol. The topological polar surface area (TPSA) is 12.0 Å². The van der Waals surface area contributed by atoms with Crippen LogP contribution in [-0.4, -0.2) is 13.1 Å². The summed E-state index contributed by atoms with van der Waals surface area (Å²) in [5.74, 6) is 2.65. The lowest BCUT2D eigenvalue weighted by Crippen LogP contribution is -2.37. The van der Waals surface area contributed by atoms with Crippen LogP contribution in [-0.2, 0) is 0 Å². The van der Waals surface area contributed by atoms with Gasteiger partial charge in [-0.15, -0.1) is 0 Å². The predicted molar refractivity (Wildman–Crippen MR) is 62.9 cm³/mol. The van der Waals surface area contributed by atoms with Gasteiger partial charge in [0.15, 0.2) is 0 Å². The van der Waals surface area contributed by atoms with E-state index in [-0.39, 0.29) is 0 Å². The monoisotopic (exact) mass is 201 g/mol. The van der Waals surface area contributed by atoms with Gasteiger partial charge in [-0.05, 0) is 43.7 Å². The van der Waals surface area contributed by atoms with E-state index in [4.69, 9.17) is 0 Å². The Labute approximate surface area is 91.9 Å². The molecule has 2 aliphatic carbocycles. The standard InChI is InChI=1S/C14H19N/c1-15-14-12-8-7-11(9-12)13(14)10-5-3-2-4-6-10/h2-6,11-15H,7-9H2,1H3/t11-,12+,13+,14+/m1/s1. The number of nitrogens with one attached hydrogen (secondary N) is 1. The van der Waals surface area contributed by atoms with Gasteiger partial charge < -0.3 is 5.32 Å².